The molecule has 3 nitrogen and oxygen atoms in total. The Labute approximate surface area is 133 Å². The van der Waals surface area contributed by atoms with Crippen LogP contribution in [0.4, 0.5) is 0 Å². The van der Waals surface area contributed by atoms with E-state index in [9.17, 15) is 4.79 Å². The van der Waals surface area contributed by atoms with Crippen molar-refractivity contribution in [2.24, 2.45) is 0 Å². The molecule has 0 atom stereocenters. The fraction of sp³-hybridized carbons (Fsp3) is 0.375. The third-order valence-electron chi connectivity index (χ3n) is 3.01. The number of halogens is 1. The van der Waals surface area contributed by atoms with E-state index in [-0.39, 0.29) is 11.2 Å². The molecule has 2 aromatic rings. The first kappa shape index (κ1) is 16.0. The van der Waals surface area contributed by atoms with Gasteiger partial charge in [0.05, 0.1) is 10.7 Å². The van der Waals surface area contributed by atoms with Crippen molar-refractivity contribution in [3.63, 3.8) is 0 Å². The van der Waals surface area contributed by atoms with Gasteiger partial charge in [0.15, 0.2) is 5.78 Å². The molecule has 112 valence electrons. The number of hydrogen-bond donors (Lipinski definition) is 0. The van der Waals surface area contributed by atoms with Gasteiger partial charge < -0.3 is 4.74 Å². The molecule has 0 aliphatic carbocycles. The van der Waals surface area contributed by atoms with Gasteiger partial charge in [0.1, 0.15) is 17.4 Å². The molecule has 0 saturated heterocycles. The van der Waals surface area contributed by atoms with Crippen LogP contribution in [0.15, 0.2) is 23.6 Å². The molecule has 0 aliphatic heterocycles. The lowest BCUT2D eigenvalue weighted by Gasteiger charge is -2.14. The first-order chi connectivity index (χ1) is 9.77. The minimum Gasteiger partial charge on any atom is -0.485 e. The quantitative estimate of drug-likeness (QED) is 0.753. The van der Waals surface area contributed by atoms with E-state index in [2.05, 4.69) is 31.1 Å². The molecule has 0 radical (unpaired) electrons. The Morgan fingerprint density at radius 3 is 2.62 bits per heavy atom. The number of carbonyl (C=O) groups is 1. The van der Waals surface area contributed by atoms with Crippen LogP contribution in [0, 0.1) is 0 Å². The average Bonchev–Trinajstić information content (AvgIpc) is 2.85. The Morgan fingerprint density at radius 1 is 1.38 bits per heavy atom. The zero-order valence-electron chi connectivity index (χ0n) is 12.6. The normalized spacial score (nSPS) is 11.5. The van der Waals surface area contributed by atoms with E-state index in [1.165, 1.54) is 6.92 Å². The number of thiazole rings is 1. The second-order valence-corrected chi connectivity index (χ2v) is 7.22. The maximum Gasteiger partial charge on any atom is 0.159 e. The molecule has 0 amide bonds. The van der Waals surface area contributed by atoms with E-state index in [1.54, 1.807) is 29.5 Å². The highest BCUT2D eigenvalue weighted by Gasteiger charge is 2.17. The van der Waals surface area contributed by atoms with Crippen molar-refractivity contribution in [1.82, 2.24) is 4.98 Å². The standard InChI is InChI=1S/C16H18ClNO2S/c1-10(19)11-5-6-13(12(17)7-11)20-8-15-18-14(9-21-15)16(2,3)4/h5-7,9H,8H2,1-4H3. The van der Waals surface area contributed by atoms with Crippen LogP contribution >= 0.6 is 22.9 Å². The lowest BCUT2D eigenvalue weighted by Crippen LogP contribution is -2.11. The zero-order valence-corrected chi connectivity index (χ0v) is 14.1. The third-order valence-corrected chi connectivity index (χ3v) is 4.13. The molecule has 0 fully saturated rings. The van der Waals surface area contributed by atoms with E-state index in [0.29, 0.717) is 22.9 Å². The SMILES string of the molecule is CC(=O)c1ccc(OCc2nc(C(C)(C)C)cs2)c(Cl)c1. The first-order valence-corrected chi connectivity index (χ1v) is 7.91. The van der Waals surface area contributed by atoms with Gasteiger partial charge in [0.2, 0.25) is 0 Å². The van der Waals surface area contributed by atoms with Crippen molar-refractivity contribution in [2.75, 3.05) is 0 Å². The Hall–Kier alpha value is -1.39. The van der Waals surface area contributed by atoms with Crippen molar-refractivity contribution in [3.8, 4) is 5.75 Å². The minimum absolute atomic E-state index is 0.0156. The molecule has 0 unspecified atom stereocenters. The number of aromatic nitrogens is 1. The van der Waals surface area contributed by atoms with Crippen LogP contribution in [0.2, 0.25) is 5.02 Å². The number of rotatable bonds is 4. The van der Waals surface area contributed by atoms with Crippen LogP contribution in [0.5, 0.6) is 5.75 Å². The van der Waals surface area contributed by atoms with Gasteiger partial charge in [-0.1, -0.05) is 32.4 Å². The predicted octanol–water partition coefficient (Wildman–Crippen LogP) is 4.88. The molecular weight excluding hydrogens is 306 g/mol. The van der Waals surface area contributed by atoms with Crippen LogP contribution in [0.3, 0.4) is 0 Å². The Balaban J connectivity index is 2.06. The number of Topliss-reactive ketones (excluding diaryl/α,β-unsaturated/α-hetero) is 1. The van der Waals surface area contributed by atoms with E-state index in [1.807, 2.05) is 0 Å². The highest BCUT2D eigenvalue weighted by atomic mass is 35.5. The second kappa shape index (κ2) is 6.16. The van der Waals surface area contributed by atoms with Crippen LogP contribution in [-0.2, 0) is 12.0 Å². The molecular formula is C16H18ClNO2S. The molecule has 0 N–H and O–H groups in total. The molecule has 0 bridgehead atoms. The Morgan fingerprint density at radius 2 is 2.10 bits per heavy atom. The molecule has 0 saturated carbocycles. The van der Waals surface area contributed by atoms with Crippen LogP contribution in [0.1, 0.15) is 48.8 Å². The number of hydrogen-bond acceptors (Lipinski definition) is 4. The van der Waals surface area contributed by atoms with Gasteiger partial charge >= 0.3 is 0 Å². The summed E-state index contributed by atoms with van der Waals surface area (Å²) < 4.78 is 5.69. The summed E-state index contributed by atoms with van der Waals surface area (Å²) in [5.74, 6) is 0.548. The second-order valence-electron chi connectivity index (χ2n) is 5.87. The Kier molecular flexibility index (Phi) is 4.69. The smallest absolute Gasteiger partial charge is 0.159 e. The number of ketones is 1. The summed E-state index contributed by atoms with van der Waals surface area (Å²) in [4.78, 5) is 15.8. The molecule has 2 rings (SSSR count). The van der Waals surface area contributed by atoms with Crippen LogP contribution in [-0.4, -0.2) is 10.8 Å². The fourth-order valence-electron chi connectivity index (χ4n) is 1.70. The first-order valence-electron chi connectivity index (χ1n) is 6.65. The van der Waals surface area contributed by atoms with Crippen LogP contribution in [0.25, 0.3) is 0 Å². The summed E-state index contributed by atoms with van der Waals surface area (Å²) in [7, 11) is 0. The molecule has 1 heterocycles. The van der Waals surface area contributed by atoms with Gasteiger partial charge in [0.25, 0.3) is 0 Å². The lowest BCUT2D eigenvalue weighted by atomic mass is 9.93. The summed E-state index contributed by atoms with van der Waals surface area (Å²) in [6.07, 6.45) is 0. The summed E-state index contributed by atoms with van der Waals surface area (Å²) in [5, 5.41) is 3.40. The fourth-order valence-corrected chi connectivity index (χ4v) is 2.87. The monoisotopic (exact) mass is 323 g/mol. The summed E-state index contributed by atoms with van der Waals surface area (Å²) in [6.45, 7) is 8.27. The van der Waals surface area contributed by atoms with Gasteiger partial charge in [-0.05, 0) is 25.1 Å². The van der Waals surface area contributed by atoms with Crippen molar-refractivity contribution in [3.05, 3.63) is 44.9 Å². The molecule has 1 aromatic heterocycles. The molecule has 21 heavy (non-hydrogen) atoms. The van der Waals surface area contributed by atoms with Crippen LogP contribution < -0.4 is 4.74 Å². The van der Waals surface area contributed by atoms with Gasteiger partial charge in [-0.15, -0.1) is 11.3 Å². The molecule has 5 heteroatoms. The van der Waals surface area contributed by atoms with E-state index in [0.717, 1.165) is 10.7 Å². The van der Waals surface area contributed by atoms with Gasteiger partial charge in [-0.2, -0.15) is 0 Å². The van der Waals surface area contributed by atoms with E-state index < -0.39 is 0 Å². The average molecular weight is 324 g/mol. The zero-order chi connectivity index (χ0) is 15.6. The van der Waals surface area contributed by atoms with Crippen molar-refractivity contribution >= 4 is 28.7 Å². The number of ether oxygens (including phenoxy) is 1. The van der Waals surface area contributed by atoms with E-state index in [4.69, 9.17) is 16.3 Å². The predicted molar refractivity (Wildman–Crippen MR) is 86.6 cm³/mol. The topological polar surface area (TPSA) is 39.2 Å². The third kappa shape index (κ3) is 4.05. The van der Waals surface area contributed by atoms with Crippen molar-refractivity contribution in [1.29, 1.82) is 0 Å². The largest absolute Gasteiger partial charge is 0.485 e. The highest BCUT2D eigenvalue weighted by Crippen LogP contribution is 2.28. The van der Waals surface area contributed by atoms with Gasteiger partial charge in [0, 0.05) is 16.4 Å². The van der Waals surface area contributed by atoms with Crippen molar-refractivity contribution in [2.45, 2.75) is 39.7 Å². The lowest BCUT2D eigenvalue weighted by molar-refractivity contribution is 0.101. The Bertz CT molecular complexity index is 659. The highest BCUT2D eigenvalue weighted by molar-refractivity contribution is 7.09. The maximum atomic E-state index is 11.3. The maximum absolute atomic E-state index is 11.3. The van der Waals surface area contributed by atoms with Gasteiger partial charge in [-0.3, -0.25) is 4.79 Å². The number of nitrogens with zero attached hydrogens (tertiary/aromatic N) is 1. The van der Waals surface area contributed by atoms with E-state index >= 15 is 0 Å². The summed E-state index contributed by atoms with van der Waals surface area (Å²) >= 11 is 7.70. The number of carbonyl (C=O) groups excluding carboxylic acids is 1. The molecule has 1 aromatic carbocycles. The van der Waals surface area contributed by atoms with Crippen molar-refractivity contribution < 1.29 is 9.53 Å². The number of benzene rings is 1. The molecule has 0 aliphatic rings. The summed E-state index contributed by atoms with van der Waals surface area (Å²) in [5.41, 5.74) is 1.68. The van der Waals surface area contributed by atoms with Gasteiger partial charge in [-0.25, -0.2) is 4.98 Å². The summed E-state index contributed by atoms with van der Waals surface area (Å²) in [6, 6.07) is 5.06. The minimum atomic E-state index is -0.0156. The molecule has 0 spiro atoms.